The lowest BCUT2D eigenvalue weighted by Gasteiger charge is -2.23. The van der Waals surface area contributed by atoms with Crippen LogP contribution in [-0.4, -0.2) is 6.54 Å². The molecular weight excluding hydrogens is 216 g/mol. The molecule has 0 saturated heterocycles. The van der Waals surface area contributed by atoms with Gasteiger partial charge in [0.25, 0.3) is 0 Å². The van der Waals surface area contributed by atoms with Gasteiger partial charge in [-0.15, -0.1) is 0 Å². The Hall–Kier alpha value is -0.850. The summed E-state index contributed by atoms with van der Waals surface area (Å²) in [6, 6.07) is 2.21. The molecule has 0 aliphatic carbocycles. The van der Waals surface area contributed by atoms with Crippen molar-refractivity contribution >= 4 is 11.3 Å². The highest BCUT2D eigenvalue weighted by Crippen LogP contribution is 2.21. The lowest BCUT2D eigenvalue weighted by atomic mass is 9.88. The largest absolute Gasteiger partial charge is 0.312 e. The predicted octanol–water partition coefficient (Wildman–Crippen LogP) is 3.48. The molecule has 0 unspecified atom stereocenters. The maximum absolute atomic E-state index is 8.57. The van der Waals surface area contributed by atoms with E-state index in [1.165, 1.54) is 11.1 Å². The van der Waals surface area contributed by atoms with Crippen LogP contribution < -0.4 is 5.32 Å². The van der Waals surface area contributed by atoms with Crippen molar-refractivity contribution in [3.8, 4) is 6.07 Å². The van der Waals surface area contributed by atoms with E-state index >= 15 is 0 Å². The molecule has 2 nitrogen and oxygen atoms in total. The first-order valence-corrected chi connectivity index (χ1v) is 6.59. The lowest BCUT2D eigenvalue weighted by Crippen LogP contribution is -2.29. The summed E-state index contributed by atoms with van der Waals surface area (Å²) < 4.78 is 0. The van der Waals surface area contributed by atoms with Gasteiger partial charge < -0.3 is 5.32 Å². The maximum Gasteiger partial charge on any atom is 0.0621 e. The first kappa shape index (κ1) is 13.2. The zero-order valence-corrected chi connectivity index (χ0v) is 11.2. The van der Waals surface area contributed by atoms with Crippen molar-refractivity contribution in [1.29, 1.82) is 5.26 Å². The summed E-state index contributed by atoms with van der Waals surface area (Å²) >= 11 is 1.75. The fraction of sp³-hybridized carbons (Fsp3) is 0.615. The number of hydrogen-bond donors (Lipinski definition) is 1. The number of rotatable bonds is 6. The van der Waals surface area contributed by atoms with Crippen LogP contribution in [0.25, 0.3) is 0 Å². The van der Waals surface area contributed by atoms with E-state index < -0.39 is 0 Å². The van der Waals surface area contributed by atoms with E-state index in [9.17, 15) is 0 Å². The minimum absolute atomic E-state index is 0.208. The van der Waals surface area contributed by atoms with Crippen LogP contribution in [0.3, 0.4) is 0 Å². The second-order valence-electron chi connectivity index (χ2n) is 5.01. The molecule has 0 spiro atoms. The molecule has 0 saturated carbocycles. The molecule has 16 heavy (non-hydrogen) atoms. The summed E-state index contributed by atoms with van der Waals surface area (Å²) in [6.45, 7) is 8.46. The van der Waals surface area contributed by atoms with Gasteiger partial charge in [0.2, 0.25) is 0 Å². The van der Waals surface area contributed by atoms with E-state index in [0.29, 0.717) is 6.42 Å². The van der Waals surface area contributed by atoms with Crippen molar-refractivity contribution in [2.24, 2.45) is 5.41 Å². The van der Waals surface area contributed by atoms with Crippen LogP contribution in [0.15, 0.2) is 10.8 Å². The van der Waals surface area contributed by atoms with Gasteiger partial charge in [0.1, 0.15) is 0 Å². The minimum Gasteiger partial charge on any atom is -0.312 e. The molecule has 0 atom stereocenters. The van der Waals surface area contributed by atoms with Gasteiger partial charge >= 0.3 is 0 Å². The summed E-state index contributed by atoms with van der Waals surface area (Å²) in [6.07, 6.45) is 1.60. The number of thiophene rings is 1. The number of nitriles is 1. The molecule has 0 amide bonds. The Morgan fingerprint density at radius 1 is 1.44 bits per heavy atom. The van der Waals surface area contributed by atoms with E-state index in [-0.39, 0.29) is 5.41 Å². The highest BCUT2D eigenvalue weighted by atomic mass is 32.1. The number of aryl methyl sites for hydroxylation is 1. The Morgan fingerprint density at radius 2 is 2.19 bits per heavy atom. The normalized spacial score (nSPS) is 11.4. The smallest absolute Gasteiger partial charge is 0.0621 e. The zero-order chi connectivity index (χ0) is 12.0. The quantitative estimate of drug-likeness (QED) is 0.821. The predicted molar refractivity (Wildman–Crippen MR) is 69.4 cm³/mol. The van der Waals surface area contributed by atoms with Crippen LogP contribution in [0.5, 0.6) is 0 Å². The Morgan fingerprint density at radius 3 is 2.75 bits per heavy atom. The monoisotopic (exact) mass is 236 g/mol. The molecule has 1 heterocycles. The second kappa shape index (κ2) is 6.03. The summed E-state index contributed by atoms with van der Waals surface area (Å²) in [7, 11) is 0. The summed E-state index contributed by atoms with van der Waals surface area (Å²) in [5.74, 6) is 0. The third-order valence-electron chi connectivity index (χ3n) is 2.79. The molecule has 0 aliphatic rings. The van der Waals surface area contributed by atoms with Crippen molar-refractivity contribution in [3.63, 3.8) is 0 Å². The minimum atomic E-state index is 0.208. The van der Waals surface area contributed by atoms with E-state index in [2.05, 4.69) is 42.9 Å². The fourth-order valence-electron chi connectivity index (χ4n) is 1.59. The first-order valence-electron chi connectivity index (χ1n) is 5.64. The molecular formula is C13H20N2S. The van der Waals surface area contributed by atoms with E-state index in [4.69, 9.17) is 5.26 Å². The molecule has 0 radical (unpaired) electrons. The molecule has 3 heteroatoms. The molecule has 1 N–H and O–H groups in total. The van der Waals surface area contributed by atoms with Crippen molar-refractivity contribution < 1.29 is 0 Å². The van der Waals surface area contributed by atoms with Gasteiger partial charge in [0.15, 0.2) is 0 Å². The zero-order valence-electron chi connectivity index (χ0n) is 10.3. The van der Waals surface area contributed by atoms with Gasteiger partial charge in [-0.2, -0.15) is 16.6 Å². The molecule has 88 valence electrons. The maximum atomic E-state index is 8.57. The number of nitrogens with one attached hydrogen (secondary N) is 1. The lowest BCUT2D eigenvalue weighted by molar-refractivity contribution is 0.317. The van der Waals surface area contributed by atoms with Crippen LogP contribution in [-0.2, 0) is 6.54 Å². The molecule has 1 aromatic heterocycles. The van der Waals surface area contributed by atoms with E-state index in [1.54, 1.807) is 11.3 Å². The summed E-state index contributed by atoms with van der Waals surface area (Å²) in [4.78, 5) is 0. The van der Waals surface area contributed by atoms with Gasteiger partial charge in [-0.25, -0.2) is 0 Å². The summed E-state index contributed by atoms with van der Waals surface area (Å²) in [5, 5.41) is 16.4. The average Bonchev–Trinajstić information content (AvgIpc) is 2.62. The van der Waals surface area contributed by atoms with Crippen LogP contribution in [0.2, 0.25) is 0 Å². The van der Waals surface area contributed by atoms with Gasteiger partial charge in [-0.3, -0.25) is 0 Å². The van der Waals surface area contributed by atoms with Crippen LogP contribution in [0, 0.1) is 23.7 Å². The van der Waals surface area contributed by atoms with E-state index in [0.717, 1.165) is 19.5 Å². The number of nitrogens with zero attached hydrogens (tertiary/aromatic N) is 1. The second-order valence-corrected chi connectivity index (χ2v) is 5.75. The first-order chi connectivity index (χ1) is 7.55. The Labute approximate surface area is 102 Å². The van der Waals surface area contributed by atoms with Gasteiger partial charge in [-0.05, 0) is 40.6 Å². The van der Waals surface area contributed by atoms with Crippen molar-refractivity contribution in [1.82, 2.24) is 5.32 Å². The van der Waals surface area contributed by atoms with Crippen LogP contribution >= 0.6 is 11.3 Å². The van der Waals surface area contributed by atoms with Crippen LogP contribution in [0.1, 0.15) is 37.8 Å². The Kier molecular flexibility index (Phi) is 4.98. The van der Waals surface area contributed by atoms with Gasteiger partial charge in [-0.1, -0.05) is 13.8 Å². The van der Waals surface area contributed by atoms with Gasteiger partial charge in [0.05, 0.1) is 6.07 Å². The molecule has 0 aromatic carbocycles. The highest BCUT2D eigenvalue weighted by Gasteiger charge is 2.16. The third-order valence-corrected chi connectivity index (χ3v) is 3.70. The molecule has 0 aliphatic heterocycles. The molecule has 0 bridgehead atoms. The van der Waals surface area contributed by atoms with Crippen molar-refractivity contribution in [2.75, 3.05) is 6.54 Å². The van der Waals surface area contributed by atoms with Gasteiger partial charge in [0, 0.05) is 19.5 Å². The SMILES string of the molecule is Cc1cscc1CNCC(C)(C)CCC#N. The standard InChI is InChI=1S/C13H20N2S/c1-11-8-16-9-12(11)7-15-10-13(2,3)5-4-6-14/h8-9,15H,4-5,7,10H2,1-3H3. The third kappa shape index (κ3) is 4.34. The van der Waals surface area contributed by atoms with Crippen LogP contribution in [0.4, 0.5) is 0 Å². The molecule has 1 aromatic rings. The van der Waals surface area contributed by atoms with Crippen molar-refractivity contribution in [2.45, 2.75) is 40.2 Å². The summed E-state index contributed by atoms with van der Waals surface area (Å²) in [5.41, 5.74) is 2.97. The number of hydrogen-bond acceptors (Lipinski definition) is 3. The fourth-order valence-corrected chi connectivity index (χ4v) is 2.44. The molecule has 1 rings (SSSR count). The molecule has 0 fully saturated rings. The van der Waals surface area contributed by atoms with Crippen molar-refractivity contribution in [3.05, 3.63) is 21.9 Å². The highest BCUT2D eigenvalue weighted by molar-refractivity contribution is 7.08. The Bertz CT molecular complexity index is 360. The Balaban J connectivity index is 2.30. The average molecular weight is 236 g/mol. The topological polar surface area (TPSA) is 35.8 Å². The van der Waals surface area contributed by atoms with E-state index in [1.807, 2.05) is 0 Å².